The average Bonchev–Trinajstić information content (AvgIpc) is 2.44. The Hall–Kier alpha value is -1.82. The third kappa shape index (κ3) is 4.60. The number of nitrogens with one attached hydrogen (secondary N) is 1. The van der Waals surface area contributed by atoms with Crippen LogP contribution >= 0.6 is 35.6 Å². The number of aromatic nitrogens is 1. The fourth-order valence-electron chi connectivity index (χ4n) is 1.41. The summed E-state index contributed by atoms with van der Waals surface area (Å²) in [4.78, 5) is 15.7. The van der Waals surface area contributed by atoms with Gasteiger partial charge < -0.3 is 5.11 Å². The number of benzene rings is 1. The molecule has 1 heterocycles. The predicted octanol–water partition coefficient (Wildman–Crippen LogP) is 3.28. The number of phenolic OH excluding ortho intramolecular Hbond substituents is 1. The third-order valence-corrected chi connectivity index (χ3v) is 2.86. The molecular weight excluding hydrogens is 337 g/mol. The van der Waals surface area contributed by atoms with Gasteiger partial charge in [0, 0.05) is 17.4 Å². The van der Waals surface area contributed by atoms with Gasteiger partial charge in [0.05, 0.1) is 16.8 Å². The molecular formula is C13H10Cl3N3O2. The van der Waals surface area contributed by atoms with Crippen LogP contribution in [0.15, 0.2) is 41.8 Å². The number of rotatable bonds is 3. The van der Waals surface area contributed by atoms with E-state index >= 15 is 0 Å². The molecule has 0 bridgehead atoms. The highest BCUT2D eigenvalue weighted by Gasteiger charge is 2.14. The molecule has 0 fully saturated rings. The van der Waals surface area contributed by atoms with Crippen molar-refractivity contribution in [1.29, 1.82) is 0 Å². The number of carbonyl (C=O) groups is 1. The van der Waals surface area contributed by atoms with E-state index in [2.05, 4.69) is 15.5 Å². The third-order valence-electron chi connectivity index (χ3n) is 2.36. The Morgan fingerprint density at radius 2 is 1.95 bits per heavy atom. The minimum atomic E-state index is -0.614. The molecule has 1 aromatic carbocycles. The zero-order chi connectivity index (χ0) is 14.5. The van der Waals surface area contributed by atoms with Crippen LogP contribution in [-0.4, -0.2) is 22.2 Å². The second-order valence-electron chi connectivity index (χ2n) is 3.76. The number of halogens is 3. The van der Waals surface area contributed by atoms with Gasteiger partial charge in [0.15, 0.2) is 0 Å². The summed E-state index contributed by atoms with van der Waals surface area (Å²) in [6.07, 6.45) is 4.65. The Morgan fingerprint density at radius 3 is 2.62 bits per heavy atom. The van der Waals surface area contributed by atoms with E-state index in [0.717, 1.165) is 5.56 Å². The number of hydrogen-bond donors (Lipinski definition) is 2. The lowest BCUT2D eigenvalue weighted by molar-refractivity contribution is 0.0952. The van der Waals surface area contributed by atoms with Crippen molar-refractivity contribution >= 4 is 47.7 Å². The van der Waals surface area contributed by atoms with E-state index < -0.39 is 5.91 Å². The van der Waals surface area contributed by atoms with Crippen LogP contribution in [0.5, 0.6) is 5.75 Å². The minimum Gasteiger partial charge on any atom is -0.506 e. The molecule has 0 aliphatic carbocycles. The van der Waals surface area contributed by atoms with Crippen LogP contribution in [0.3, 0.4) is 0 Å². The summed E-state index contributed by atoms with van der Waals surface area (Å²) >= 11 is 11.5. The first-order valence-corrected chi connectivity index (χ1v) is 6.25. The molecule has 21 heavy (non-hydrogen) atoms. The van der Waals surface area contributed by atoms with Gasteiger partial charge in [-0.2, -0.15) is 5.10 Å². The summed E-state index contributed by atoms with van der Waals surface area (Å²) < 4.78 is 0. The van der Waals surface area contributed by atoms with Crippen molar-refractivity contribution in [3.8, 4) is 5.75 Å². The van der Waals surface area contributed by atoms with E-state index in [-0.39, 0.29) is 33.8 Å². The standard InChI is InChI=1S/C13H9Cl2N3O2.ClH/c14-9-5-10(12(19)11(15)6-9)13(20)18-17-7-8-1-3-16-4-2-8;/h1-7,19H,(H,18,20);1H. The van der Waals surface area contributed by atoms with Crippen LogP contribution in [0.1, 0.15) is 15.9 Å². The van der Waals surface area contributed by atoms with E-state index in [1.54, 1.807) is 24.5 Å². The largest absolute Gasteiger partial charge is 0.506 e. The molecule has 0 saturated heterocycles. The van der Waals surface area contributed by atoms with Crippen LogP contribution in [0.4, 0.5) is 0 Å². The fraction of sp³-hybridized carbons (Fsp3) is 0. The van der Waals surface area contributed by atoms with Crippen LogP contribution < -0.4 is 5.43 Å². The average molecular weight is 347 g/mol. The van der Waals surface area contributed by atoms with Crippen molar-refractivity contribution < 1.29 is 9.90 Å². The molecule has 5 nitrogen and oxygen atoms in total. The van der Waals surface area contributed by atoms with Crippen molar-refractivity contribution in [2.45, 2.75) is 0 Å². The van der Waals surface area contributed by atoms with Crippen LogP contribution in [0.25, 0.3) is 0 Å². The number of phenols is 1. The Balaban J connectivity index is 0.00000220. The van der Waals surface area contributed by atoms with Gasteiger partial charge >= 0.3 is 0 Å². The summed E-state index contributed by atoms with van der Waals surface area (Å²) in [7, 11) is 0. The molecule has 0 atom stereocenters. The number of aromatic hydroxyl groups is 1. The lowest BCUT2D eigenvalue weighted by Crippen LogP contribution is -2.17. The number of pyridine rings is 1. The van der Waals surface area contributed by atoms with E-state index in [9.17, 15) is 9.90 Å². The maximum Gasteiger partial charge on any atom is 0.275 e. The van der Waals surface area contributed by atoms with Crippen LogP contribution in [-0.2, 0) is 0 Å². The first-order valence-electron chi connectivity index (χ1n) is 5.49. The molecule has 0 saturated carbocycles. The monoisotopic (exact) mass is 345 g/mol. The lowest BCUT2D eigenvalue weighted by Gasteiger charge is -2.05. The van der Waals surface area contributed by atoms with Crippen molar-refractivity contribution in [1.82, 2.24) is 10.4 Å². The van der Waals surface area contributed by atoms with E-state index in [4.69, 9.17) is 23.2 Å². The fourth-order valence-corrected chi connectivity index (χ4v) is 1.91. The highest BCUT2D eigenvalue weighted by molar-refractivity contribution is 6.36. The highest BCUT2D eigenvalue weighted by Crippen LogP contribution is 2.30. The van der Waals surface area contributed by atoms with Gasteiger partial charge in [-0.3, -0.25) is 9.78 Å². The number of amides is 1. The van der Waals surface area contributed by atoms with E-state index in [0.29, 0.717) is 0 Å². The molecule has 0 spiro atoms. The molecule has 2 rings (SSSR count). The van der Waals surface area contributed by atoms with Gasteiger partial charge in [0.1, 0.15) is 5.75 Å². The molecule has 2 aromatic rings. The van der Waals surface area contributed by atoms with Crippen LogP contribution in [0, 0.1) is 0 Å². The first kappa shape index (κ1) is 17.2. The summed E-state index contributed by atoms with van der Waals surface area (Å²) in [5, 5.41) is 13.7. The molecule has 0 radical (unpaired) electrons. The van der Waals surface area contributed by atoms with E-state index in [1.807, 2.05) is 0 Å². The lowest BCUT2D eigenvalue weighted by atomic mass is 10.2. The molecule has 0 unspecified atom stereocenters. The maximum atomic E-state index is 11.8. The molecule has 0 aliphatic rings. The molecule has 1 aromatic heterocycles. The molecule has 8 heteroatoms. The Kier molecular flexibility index (Phi) is 6.42. The topological polar surface area (TPSA) is 74.6 Å². The zero-order valence-corrected chi connectivity index (χ0v) is 12.8. The van der Waals surface area contributed by atoms with Crippen molar-refractivity contribution in [2.75, 3.05) is 0 Å². The minimum absolute atomic E-state index is 0. The number of hydrazone groups is 1. The number of carbonyl (C=O) groups excluding carboxylic acids is 1. The zero-order valence-electron chi connectivity index (χ0n) is 10.5. The smallest absolute Gasteiger partial charge is 0.275 e. The Bertz CT molecular complexity index is 663. The van der Waals surface area contributed by atoms with Gasteiger partial charge in [-0.05, 0) is 29.8 Å². The number of hydrogen-bond acceptors (Lipinski definition) is 4. The summed E-state index contributed by atoms with van der Waals surface area (Å²) in [6, 6.07) is 6.10. The molecule has 0 aliphatic heterocycles. The summed E-state index contributed by atoms with van der Waals surface area (Å²) in [5.41, 5.74) is 3.00. The number of nitrogens with zero attached hydrogens (tertiary/aromatic N) is 2. The Morgan fingerprint density at radius 1 is 1.29 bits per heavy atom. The first-order chi connectivity index (χ1) is 9.58. The SMILES string of the molecule is Cl.O=C(NN=Cc1ccncc1)c1cc(Cl)cc(Cl)c1O. The summed E-state index contributed by atoms with van der Waals surface area (Å²) in [6.45, 7) is 0. The maximum absolute atomic E-state index is 11.8. The van der Waals surface area contributed by atoms with Crippen molar-refractivity contribution in [3.05, 3.63) is 57.8 Å². The van der Waals surface area contributed by atoms with Crippen LogP contribution in [0.2, 0.25) is 10.0 Å². The van der Waals surface area contributed by atoms with Crippen molar-refractivity contribution in [3.63, 3.8) is 0 Å². The second kappa shape index (κ2) is 7.83. The van der Waals surface area contributed by atoms with Gasteiger partial charge in [-0.15, -0.1) is 12.4 Å². The van der Waals surface area contributed by atoms with Crippen molar-refractivity contribution in [2.24, 2.45) is 5.10 Å². The second-order valence-corrected chi connectivity index (χ2v) is 4.61. The molecule has 2 N–H and O–H groups in total. The predicted molar refractivity (Wildman–Crippen MR) is 84.7 cm³/mol. The molecule has 1 amide bonds. The Labute approximate surface area is 137 Å². The van der Waals surface area contributed by atoms with Gasteiger partial charge in [-0.25, -0.2) is 5.43 Å². The normalized spacial score (nSPS) is 10.2. The van der Waals surface area contributed by atoms with Gasteiger partial charge in [-0.1, -0.05) is 23.2 Å². The van der Waals surface area contributed by atoms with E-state index in [1.165, 1.54) is 18.3 Å². The van der Waals surface area contributed by atoms with Gasteiger partial charge in [0.25, 0.3) is 5.91 Å². The van der Waals surface area contributed by atoms with Gasteiger partial charge in [0.2, 0.25) is 0 Å². The quantitative estimate of drug-likeness (QED) is 0.661. The highest BCUT2D eigenvalue weighted by atomic mass is 35.5. The molecule has 110 valence electrons. The summed E-state index contributed by atoms with van der Waals surface area (Å²) in [5.74, 6) is -0.954.